The molecule has 0 unspecified atom stereocenters. The average Bonchev–Trinajstić information content (AvgIpc) is 4.02. The lowest BCUT2D eigenvalue weighted by Crippen LogP contribution is -2.81. The summed E-state index contributed by atoms with van der Waals surface area (Å²) in [5, 5.41) is 38.1. The summed E-state index contributed by atoms with van der Waals surface area (Å²) in [4.78, 5) is 33.2. The second kappa shape index (κ2) is 17.0. The Morgan fingerprint density at radius 1 is 0.806 bits per heavy atom. The van der Waals surface area contributed by atoms with Crippen molar-refractivity contribution >= 4 is 31.7 Å². The van der Waals surface area contributed by atoms with Crippen molar-refractivity contribution < 1.29 is 52.3 Å². The molecule has 6 heterocycles. The highest BCUT2D eigenvalue weighted by Crippen LogP contribution is 2.68. The lowest BCUT2D eigenvalue weighted by molar-refractivity contribution is -0.219. The molecule has 1 amide bonds. The lowest BCUT2D eigenvalue weighted by Gasteiger charge is -2.64. The van der Waals surface area contributed by atoms with Crippen molar-refractivity contribution in [2.45, 2.75) is 118 Å². The fourth-order valence-corrected chi connectivity index (χ4v) is 15.3. The first-order valence-electron chi connectivity index (χ1n) is 22.8. The van der Waals surface area contributed by atoms with E-state index in [0.717, 1.165) is 48.6 Å². The molecule has 4 fully saturated rings. The number of fused-ring (bicyclic) bond motifs is 2. The third kappa shape index (κ3) is 6.44. The van der Waals surface area contributed by atoms with E-state index in [4.69, 9.17) is 19.9 Å². The van der Waals surface area contributed by atoms with Gasteiger partial charge in [-0.25, -0.2) is 0 Å². The number of likely N-dealkylation sites (N-methyl/N-ethyl adjacent to an activating group) is 2. The van der Waals surface area contributed by atoms with Gasteiger partial charge in [-0.2, -0.15) is 13.2 Å². The Morgan fingerprint density at radius 3 is 1.70 bits per heavy atom. The highest BCUT2D eigenvalue weighted by Gasteiger charge is 2.79. The van der Waals surface area contributed by atoms with Crippen LogP contribution >= 0.6 is 0 Å². The van der Waals surface area contributed by atoms with Gasteiger partial charge in [0.1, 0.15) is 28.8 Å². The van der Waals surface area contributed by atoms with Gasteiger partial charge >= 0.3 is 18.1 Å². The van der Waals surface area contributed by atoms with Gasteiger partial charge in [-0.15, -0.1) is 0 Å². The number of halogens is 3. The molecule has 2 aromatic rings. The number of esters is 1. The quantitative estimate of drug-likeness (QED) is 0.149. The van der Waals surface area contributed by atoms with Crippen molar-refractivity contribution in [3.05, 3.63) is 71.8 Å². The van der Waals surface area contributed by atoms with Crippen LogP contribution in [0.15, 0.2) is 60.7 Å². The number of nitrogens with two attached hydrogens (primary N) is 1. The zero-order valence-corrected chi connectivity index (χ0v) is 38.8. The number of alkyl halides is 3. The van der Waals surface area contributed by atoms with E-state index < -0.39 is 70.3 Å². The smallest absolute Gasteiger partial charge is 0.471 e. The number of ether oxygens (including phenoxy) is 3. The minimum Gasteiger partial charge on any atom is -0.497 e. The molecular weight excluding hydrogens is 868 g/mol. The van der Waals surface area contributed by atoms with Crippen molar-refractivity contribution in [2.75, 3.05) is 77.4 Å². The normalized spacial score (nSPS) is 38.1. The summed E-state index contributed by atoms with van der Waals surface area (Å²) in [5.41, 5.74) is 4.43. The molecule has 2 aliphatic carbocycles. The number of carbonyl (C=O) groups excluding carboxylic acids is 2. The van der Waals surface area contributed by atoms with E-state index in [1.165, 1.54) is 12.5 Å². The molecule has 6 N–H and O–H groups in total. The number of anilines is 2. The Morgan fingerprint density at radius 2 is 1.27 bits per heavy atom. The van der Waals surface area contributed by atoms with E-state index in [9.17, 15) is 38.1 Å². The maximum atomic E-state index is 13.2. The van der Waals surface area contributed by atoms with Crippen LogP contribution in [0.4, 0.5) is 24.5 Å². The number of carbonyl (C=O) groups is 2. The van der Waals surface area contributed by atoms with Crippen LogP contribution in [-0.4, -0.2) is 167 Å². The zero-order valence-electron chi connectivity index (χ0n) is 38.8. The molecule has 2 aromatic carbocycles. The Balaban J connectivity index is 0.000000200. The molecule has 0 aromatic heterocycles. The SMILES string of the molecule is C.CC[C@]12C=CCN3CC[C@@]4(c5ccc(OC)cc5N(C)[C@H]4[C@@](O)(CN)[C@@H]1O)[C@@H]32.CC[C@]12C=CCN3CC[C@@]4(c5ccc(OC)cc5N(C)[C@H]4[C@@](O)(CNC(=O)C(F)(F)F)[C@@H]1OC(C)=O)[C@@H]32.[B]. The molecule has 18 heteroatoms. The van der Waals surface area contributed by atoms with Crippen LogP contribution in [-0.2, 0) is 25.2 Å². The van der Waals surface area contributed by atoms with Crippen LogP contribution in [0, 0.1) is 10.8 Å². The first kappa shape index (κ1) is 50.5. The molecule has 10 rings (SSSR count). The van der Waals surface area contributed by atoms with Gasteiger partial charge in [-0.1, -0.05) is 57.7 Å². The summed E-state index contributed by atoms with van der Waals surface area (Å²) in [7, 11) is 7.02. The molecule has 6 aliphatic heterocycles. The van der Waals surface area contributed by atoms with Crippen LogP contribution in [0.2, 0.25) is 0 Å². The summed E-state index contributed by atoms with van der Waals surface area (Å²) in [6, 6.07) is 10.8. The van der Waals surface area contributed by atoms with Crippen LogP contribution in [0.3, 0.4) is 0 Å². The Hall–Kier alpha value is -4.33. The molecule has 67 heavy (non-hydrogen) atoms. The van der Waals surface area contributed by atoms with Gasteiger partial charge in [0.25, 0.3) is 0 Å². The Bertz CT molecular complexity index is 2330. The Labute approximate surface area is 393 Å². The molecule has 12 atom stereocenters. The summed E-state index contributed by atoms with van der Waals surface area (Å²) >= 11 is 0. The zero-order chi connectivity index (χ0) is 46.9. The van der Waals surface area contributed by atoms with E-state index >= 15 is 0 Å². The third-order valence-corrected chi connectivity index (χ3v) is 17.3. The van der Waals surface area contributed by atoms with Gasteiger partial charge in [-0.05, 0) is 62.0 Å². The fourth-order valence-electron chi connectivity index (χ4n) is 15.3. The van der Waals surface area contributed by atoms with E-state index in [2.05, 4.69) is 45.9 Å². The number of nitrogens with zero attached hydrogens (tertiary/aromatic N) is 4. The van der Waals surface area contributed by atoms with Crippen molar-refractivity contribution in [1.29, 1.82) is 0 Å². The number of nitrogens with one attached hydrogen (secondary N) is 1. The number of hydrogen-bond acceptors (Lipinski definition) is 13. The topological polar surface area (TPSA) is 174 Å². The monoisotopic (exact) mass is 936 g/mol. The molecule has 2 saturated carbocycles. The van der Waals surface area contributed by atoms with Crippen molar-refractivity contribution in [3.8, 4) is 11.5 Å². The fraction of sp³-hybridized carbons (Fsp3) is 0.633. The second-order valence-corrected chi connectivity index (χ2v) is 19.7. The van der Waals surface area contributed by atoms with Gasteiger partial charge in [-0.3, -0.25) is 19.4 Å². The summed E-state index contributed by atoms with van der Waals surface area (Å²) < 4.78 is 56.4. The standard InChI is InChI=1S/C26H32F3N3O5.C22H31N3O3.CH4.B/c1-5-23-9-6-11-32-12-10-24(19(23)32)17-8-7-16(36-4)13-18(17)31(3)20(24)25(35,21(23)37-15(2)33)14-30-22(34)26(27,28)29;1-4-20-8-5-10-25-11-9-21(17(20)25)15-7-6-14(28-3)12-16(15)24(2)18(21)22(27,13-23)19(20)26;;/h6-9,13,19-21,35H,5,10-12,14H2,1-4H3,(H,30,34);5-8,12,17-19,26-27H,4,9-11,13,23H2,1-3H3;1H4;/t19-,20+,21+,23+,24+,25-;17-,18+,19+,20+,21+,22-;;/m00../s1. The van der Waals surface area contributed by atoms with Crippen LogP contribution in [0.25, 0.3) is 0 Å². The van der Waals surface area contributed by atoms with E-state index in [0.29, 0.717) is 31.7 Å². The van der Waals surface area contributed by atoms with Crippen molar-refractivity contribution in [1.82, 2.24) is 15.1 Å². The second-order valence-electron chi connectivity index (χ2n) is 19.7. The highest BCUT2D eigenvalue weighted by molar-refractivity contribution is 5.82. The lowest BCUT2D eigenvalue weighted by atomic mass is 9.47. The van der Waals surface area contributed by atoms with Gasteiger partial charge < -0.3 is 50.4 Å². The largest absolute Gasteiger partial charge is 0.497 e. The number of aliphatic hydroxyl groups is 3. The summed E-state index contributed by atoms with van der Waals surface area (Å²) in [6.07, 6.45) is 3.81. The highest BCUT2D eigenvalue weighted by atomic mass is 19.4. The number of benzene rings is 2. The van der Waals surface area contributed by atoms with Gasteiger partial charge in [0.15, 0.2) is 0 Å². The maximum absolute atomic E-state index is 13.2. The molecule has 365 valence electrons. The Kier molecular flexibility index (Phi) is 12.8. The van der Waals surface area contributed by atoms with E-state index in [1.807, 2.05) is 60.6 Å². The van der Waals surface area contributed by atoms with Crippen LogP contribution in [0.5, 0.6) is 11.5 Å². The van der Waals surface area contributed by atoms with Gasteiger partial charge in [0.2, 0.25) is 0 Å². The molecular formula is C49H67BF3N6O8. The van der Waals surface area contributed by atoms with E-state index in [-0.39, 0.29) is 45.9 Å². The number of aliphatic hydroxyl groups excluding tert-OH is 1. The number of amides is 1. The average molecular weight is 936 g/mol. The molecule has 14 nitrogen and oxygen atoms in total. The molecule has 0 bridgehead atoms. The molecule has 3 radical (unpaired) electrons. The first-order chi connectivity index (χ1) is 30.8. The van der Waals surface area contributed by atoms with Crippen molar-refractivity contribution in [2.24, 2.45) is 16.6 Å². The summed E-state index contributed by atoms with van der Waals surface area (Å²) in [5.74, 6) is -1.41. The van der Waals surface area contributed by atoms with E-state index in [1.54, 1.807) is 21.3 Å². The maximum Gasteiger partial charge on any atom is 0.471 e. The minimum absolute atomic E-state index is 0. The van der Waals surface area contributed by atoms with Gasteiger partial charge in [0, 0.05) is 106 Å². The van der Waals surface area contributed by atoms with Crippen LogP contribution < -0.4 is 30.3 Å². The number of methoxy groups -OCH3 is 2. The summed E-state index contributed by atoms with van der Waals surface area (Å²) in [6.45, 7) is 7.77. The number of hydrogen-bond donors (Lipinski definition) is 5. The van der Waals surface area contributed by atoms with Crippen molar-refractivity contribution in [3.63, 3.8) is 0 Å². The molecule has 2 spiro atoms. The predicted molar refractivity (Wildman–Crippen MR) is 249 cm³/mol. The number of rotatable bonds is 8. The third-order valence-electron chi connectivity index (χ3n) is 17.3. The van der Waals surface area contributed by atoms with Gasteiger partial charge in [0.05, 0.1) is 39.0 Å². The molecule has 2 saturated heterocycles. The van der Waals surface area contributed by atoms with Crippen LogP contribution in [0.1, 0.15) is 65.0 Å². The minimum atomic E-state index is -5.13. The first-order valence-corrected chi connectivity index (χ1v) is 22.8. The predicted octanol–water partition coefficient (Wildman–Crippen LogP) is 3.26. The molecule has 8 aliphatic rings.